The maximum Gasteiger partial charge on any atom is 0.141 e. The molecule has 0 aromatic carbocycles. The van der Waals surface area contributed by atoms with Crippen LogP contribution in [-0.2, 0) is 6.42 Å². The van der Waals surface area contributed by atoms with E-state index < -0.39 is 6.17 Å². The van der Waals surface area contributed by atoms with E-state index in [1.54, 1.807) is 12.1 Å². The highest BCUT2D eigenvalue weighted by Crippen LogP contribution is 2.11. The summed E-state index contributed by atoms with van der Waals surface area (Å²) < 4.78 is 12.6. The molecule has 1 aromatic heterocycles. The Balaban J connectivity index is 0. The Morgan fingerprint density at radius 2 is 1.83 bits per heavy atom. The predicted octanol–water partition coefficient (Wildman–Crippen LogP) is 3.87. The number of hydrogen-bond donors (Lipinski definition) is 1. The largest absolute Gasteiger partial charge is 0.396 e. The Morgan fingerprint density at radius 3 is 2.06 bits per heavy atom. The van der Waals surface area contributed by atoms with E-state index in [1.807, 2.05) is 20.8 Å². The predicted molar refractivity (Wildman–Crippen MR) is 74.3 cm³/mol. The summed E-state index contributed by atoms with van der Waals surface area (Å²) in [6, 6.07) is 3.48. The molecule has 3 nitrogen and oxygen atoms in total. The van der Waals surface area contributed by atoms with Gasteiger partial charge in [-0.1, -0.05) is 34.1 Å². The summed E-state index contributed by atoms with van der Waals surface area (Å²) in [4.78, 5) is 0. The average molecular weight is 258 g/mol. The Labute approximate surface area is 110 Å². The summed E-state index contributed by atoms with van der Waals surface area (Å²) in [6.07, 6.45) is 1.86. The standard InChI is InChI=1S/C8H11FN2.C4H10O.C2H6/c1-3-7-4-5-8(6(2)9)11-10-7;1-2-3-4-5;1-2/h4-6H,3H2,1-2H3;5H,2-4H2,1H3;1-2H3. The average Bonchev–Trinajstić information content (AvgIpc) is 2.42. The molecule has 0 saturated heterocycles. The van der Waals surface area contributed by atoms with Crippen molar-refractivity contribution in [1.82, 2.24) is 10.2 Å². The summed E-state index contributed by atoms with van der Waals surface area (Å²) in [5, 5.41) is 15.6. The molecule has 0 saturated carbocycles. The van der Waals surface area contributed by atoms with Crippen molar-refractivity contribution in [3.63, 3.8) is 0 Å². The Hall–Kier alpha value is -1.03. The minimum Gasteiger partial charge on any atom is -0.396 e. The molecule has 0 bridgehead atoms. The number of alkyl halides is 1. The summed E-state index contributed by atoms with van der Waals surface area (Å²) in [6.45, 7) is 9.84. The zero-order valence-electron chi connectivity index (χ0n) is 12.3. The van der Waals surface area contributed by atoms with E-state index in [0.717, 1.165) is 25.0 Å². The smallest absolute Gasteiger partial charge is 0.141 e. The molecule has 1 aromatic rings. The van der Waals surface area contributed by atoms with Gasteiger partial charge < -0.3 is 5.11 Å². The van der Waals surface area contributed by atoms with Crippen LogP contribution in [0, 0.1) is 0 Å². The number of aromatic nitrogens is 2. The Morgan fingerprint density at radius 1 is 1.22 bits per heavy atom. The third-order valence-corrected chi connectivity index (χ3v) is 2.02. The second-order valence-electron chi connectivity index (χ2n) is 3.50. The van der Waals surface area contributed by atoms with Crippen LogP contribution in [0.4, 0.5) is 4.39 Å². The topological polar surface area (TPSA) is 46.0 Å². The minimum absolute atomic E-state index is 0.344. The van der Waals surface area contributed by atoms with Crippen LogP contribution in [0.3, 0.4) is 0 Å². The second kappa shape index (κ2) is 14.0. The first-order valence-electron chi connectivity index (χ1n) is 6.73. The molecule has 0 radical (unpaired) electrons. The first-order valence-corrected chi connectivity index (χ1v) is 6.73. The van der Waals surface area contributed by atoms with Gasteiger partial charge in [-0.05, 0) is 31.9 Å². The molecule has 0 aliphatic heterocycles. The fourth-order valence-corrected chi connectivity index (χ4v) is 0.929. The summed E-state index contributed by atoms with van der Waals surface area (Å²) in [7, 11) is 0. The van der Waals surface area contributed by atoms with Crippen molar-refractivity contribution in [2.75, 3.05) is 6.61 Å². The highest BCUT2D eigenvalue weighted by Gasteiger charge is 2.03. The lowest BCUT2D eigenvalue weighted by atomic mass is 10.2. The maximum absolute atomic E-state index is 12.6. The number of unbranched alkanes of at least 4 members (excludes halogenated alkanes) is 1. The molecule has 106 valence electrons. The van der Waals surface area contributed by atoms with Crippen LogP contribution >= 0.6 is 0 Å². The van der Waals surface area contributed by atoms with E-state index in [4.69, 9.17) is 5.11 Å². The molecular weight excluding hydrogens is 231 g/mol. The van der Waals surface area contributed by atoms with Crippen LogP contribution in [-0.4, -0.2) is 21.9 Å². The number of aryl methyl sites for hydroxylation is 1. The molecule has 18 heavy (non-hydrogen) atoms. The zero-order valence-corrected chi connectivity index (χ0v) is 12.3. The quantitative estimate of drug-likeness (QED) is 0.891. The van der Waals surface area contributed by atoms with Gasteiger partial charge >= 0.3 is 0 Å². The number of aliphatic hydroxyl groups excluding tert-OH is 1. The molecule has 0 amide bonds. The lowest BCUT2D eigenvalue weighted by Crippen LogP contribution is -1.96. The Kier molecular flexibility index (Phi) is 15.1. The molecule has 0 fully saturated rings. The van der Waals surface area contributed by atoms with Crippen LogP contribution in [0.15, 0.2) is 12.1 Å². The van der Waals surface area contributed by atoms with E-state index in [1.165, 1.54) is 6.92 Å². The van der Waals surface area contributed by atoms with Crippen LogP contribution in [0.2, 0.25) is 0 Å². The van der Waals surface area contributed by atoms with Crippen molar-refractivity contribution in [1.29, 1.82) is 0 Å². The van der Waals surface area contributed by atoms with Crippen molar-refractivity contribution in [2.45, 2.75) is 60.1 Å². The fourth-order valence-electron chi connectivity index (χ4n) is 0.929. The van der Waals surface area contributed by atoms with Crippen LogP contribution in [0.25, 0.3) is 0 Å². The monoisotopic (exact) mass is 258 g/mol. The maximum atomic E-state index is 12.6. The molecule has 4 heteroatoms. The summed E-state index contributed by atoms with van der Waals surface area (Å²) in [5.74, 6) is 0. The van der Waals surface area contributed by atoms with Gasteiger partial charge in [-0.15, -0.1) is 0 Å². The minimum atomic E-state index is -1.02. The first kappa shape index (κ1) is 19.3. The molecule has 1 atom stereocenters. The van der Waals surface area contributed by atoms with Crippen molar-refractivity contribution < 1.29 is 9.50 Å². The summed E-state index contributed by atoms with van der Waals surface area (Å²) >= 11 is 0. The van der Waals surface area contributed by atoms with Crippen molar-refractivity contribution in [3.05, 3.63) is 23.5 Å². The molecule has 0 spiro atoms. The number of halogens is 1. The molecule has 1 rings (SSSR count). The molecule has 1 heterocycles. The van der Waals surface area contributed by atoms with Gasteiger partial charge in [-0.2, -0.15) is 10.2 Å². The van der Waals surface area contributed by atoms with E-state index >= 15 is 0 Å². The zero-order chi connectivity index (χ0) is 14.4. The van der Waals surface area contributed by atoms with Crippen molar-refractivity contribution in [2.24, 2.45) is 0 Å². The molecule has 0 aliphatic carbocycles. The number of nitrogens with zero attached hydrogens (tertiary/aromatic N) is 2. The van der Waals surface area contributed by atoms with Crippen LogP contribution in [0.1, 0.15) is 65.0 Å². The Bertz CT molecular complexity index is 261. The highest BCUT2D eigenvalue weighted by atomic mass is 19.1. The molecular formula is C14H27FN2O. The number of hydrogen-bond acceptors (Lipinski definition) is 3. The fraction of sp³-hybridized carbons (Fsp3) is 0.714. The third-order valence-electron chi connectivity index (χ3n) is 2.02. The van der Waals surface area contributed by atoms with Crippen molar-refractivity contribution >= 4 is 0 Å². The molecule has 1 N–H and O–H groups in total. The van der Waals surface area contributed by atoms with Crippen LogP contribution in [0.5, 0.6) is 0 Å². The number of aliphatic hydroxyl groups is 1. The van der Waals surface area contributed by atoms with Gasteiger partial charge in [0.25, 0.3) is 0 Å². The lowest BCUT2D eigenvalue weighted by molar-refractivity contribution is 0.287. The number of rotatable bonds is 4. The van der Waals surface area contributed by atoms with Gasteiger partial charge in [-0.25, -0.2) is 4.39 Å². The normalized spacial score (nSPS) is 10.6. The first-order chi connectivity index (χ1) is 8.65. The van der Waals surface area contributed by atoms with Gasteiger partial charge in [-0.3, -0.25) is 0 Å². The summed E-state index contributed by atoms with van der Waals surface area (Å²) in [5.41, 5.74) is 1.30. The van der Waals surface area contributed by atoms with Gasteiger partial charge in [0, 0.05) is 6.61 Å². The SMILES string of the molecule is CC.CCCCO.CCc1ccc(C(C)F)nn1. The van der Waals surface area contributed by atoms with E-state index in [0.29, 0.717) is 12.3 Å². The van der Waals surface area contributed by atoms with Crippen molar-refractivity contribution in [3.8, 4) is 0 Å². The molecule has 1 unspecified atom stereocenters. The van der Waals surface area contributed by atoms with Gasteiger partial charge in [0.05, 0.1) is 11.4 Å². The molecule has 0 aliphatic rings. The van der Waals surface area contributed by atoms with Crippen LogP contribution < -0.4 is 0 Å². The van der Waals surface area contributed by atoms with E-state index in [-0.39, 0.29) is 0 Å². The highest BCUT2D eigenvalue weighted by molar-refractivity contribution is 5.08. The third kappa shape index (κ3) is 10.1. The van der Waals surface area contributed by atoms with Gasteiger partial charge in [0.15, 0.2) is 0 Å². The lowest BCUT2D eigenvalue weighted by Gasteiger charge is -1.99. The second-order valence-corrected chi connectivity index (χ2v) is 3.50. The van der Waals surface area contributed by atoms with E-state index in [2.05, 4.69) is 17.1 Å². The van der Waals surface area contributed by atoms with Gasteiger partial charge in [0.2, 0.25) is 0 Å². The van der Waals surface area contributed by atoms with Gasteiger partial charge in [0.1, 0.15) is 6.17 Å². The van der Waals surface area contributed by atoms with E-state index in [9.17, 15) is 4.39 Å².